The summed E-state index contributed by atoms with van der Waals surface area (Å²) < 4.78 is 10.8. The van der Waals surface area contributed by atoms with E-state index in [2.05, 4.69) is 24.8 Å². The molecule has 2 aromatic heterocycles. The highest BCUT2D eigenvalue weighted by atomic mass is 16.5. The van der Waals surface area contributed by atoms with Gasteiger partial charge in [-0.05, 0) is 13.0 Å². The molecule has 0 unspecified atom stereocenters. The van der Waals surface area contributed by atoms with Gasteiger partial charge in [0.05, 0.1) is 37.4 Å². The Morgan fingerprint density at radius 1 is 1.17 bits per heavy atom. The Hall–Kier alpha value is -3.26. The lowest BCUT2D eigenvalue weighted by atomic mass is 10.1. The number of benzene rings is 1. The number of nitrogens with one attached hydrogen (secondary N) is 1. The molecule has 0 fully saturated rings. The standard InChI is InChI=1S/C21H23N5O3/c1-13-9-23-18(10-22-13)20-24-17-6-7-26(12-16(17)21(27)25-20)11-14-4-5-15(28-2)8-19(14)29-3/h4-5,8-10H,6-7,11-12H2,1-3H3,(H,24,25,27). The Labute approximate surface area is 168 Å². The summed E-state index contributed by atoms with van der Waals surface area (Å²) in [6, 6.07) is 5.78. The second-order valence-corrected chi connectivity index (χ2v) is 7.02. The predicted molar refractivity (Wildman–Crippen MR) is 108 cm³/mol. The number of aromatic nitrogens is 4. The molecule has 0 bridgehead atoms. The molecule has 0 amide bonds. The van der Waals surface area contributed by atoms with Gasteiger partial charge in [-0.1, -0.05) is 6.07 Å². The first-order chi connectivity index (χ1) is 14.1. The van der Waals surface area contributed by atoms with Crippen LogP contribution in [0.15, 0.2) is 35.4 Å². The van der Waals surface area contributed by atoms with Gasteiger partial charge in [-0.3, -0.25) is 14.7 Å². The van der Waals surface area contributed by atoms with Gasteiger partial charge in [0.25, 0.3) is 5.56 Å². The average molecular weight is 393 g/mol. The van der Waals surface area contributed by atoms with Gasteiger partial charge in [-0.15, -0.1) is 0 Å². The third-order valence-electron chi connectivity index (χ3n) is 5.06. The van der Waals surface area contributed by atoms with E-state index >= 15 is 0 Å². The molecule has 0 atom stereocenters. The van der Waals surface area contributed by atoms with Crippen molar-refractivity contribution in [3.8, 4) is 23.0 Å². The van der Waals surface area contributed by atoms with Gasteiger partial charge in [-0.2, -0.15) is 0 Å². The van der Waals surface area contributed by atoms with Crippen LogP contribution in [0.25, 0.3) is 11.5 Å². The highest BCUT2D eigenvalue weighted by molar-refractivity contribution is 5.48. The topological polar surface area (TPSA) is 93.2 Å². The molecule has 1 aromatic carbocycles. The molecule has 0 aliphatic carbocycles. The minimum Gasteiger partial charge on any atom is -0.497 e. The number of hydrogen-bond donors (Lipinski definition) is 1. The van der Waals surface area contributed by atoms with Crippen molar-refractivity contribution in [3.63, 3.8) is 0 Å². The summed E-state index contributed by atoms with van der Waals surface area (Å²) in [5.41, 5.74) is 3.84. The second kappa shape index (κ2) is 8.00. The van der Waals surface area contributed by atoms with Gasteiger partial charge >= 0.3 is 0 Å². The molecule has 8 heteroatoms. The van der Waals surface area contributed by atoms with Crippen LogP contribution in [-0.2, 0) is 19.5 Å². The molecule has 3 aromatic rings. The average Bonchev–Trinajstić information content (AvgIpc) is 2.75. The van der Waals surface area contributed by atoms with Gasteiger partial charge in [0, 0.05) is 43.9 Å². The van der Waals surface area contributed by atoms with Crippen LogP contribution >= 0.6 is 0 Å². The first kappa shape index (κ1) is 19.1. The van der Waals surface area contributed by atoms with Gasteiger partial charge in [0.15, 0.2) is 5.82 Å². The molecule has 0 saturated heterocycles. The monoisotopic (exact) mass is 393 g/mol. The van der Waals surface area contributed by atoms with Crippen LogP contribution in [0.3, 0.4) is 0 Å². The molecule has 1 aliphatic rings. The van der Waals surface area contributed by atoms with Crippen LogP contribution in [0, 0.1) is 6.92 Å². The van der Waals surface area contributed by atoms with Crippen LogP contribution in [-0.4, -0.2) is 45.6 Å². The zero-order valence-corrected chi connectivity index (χ0v) is 16.7. The second-order valence-electron chi connectivity index (χ2n) is 7.02. The predicted octanol–water partition coefficient (Wildman–Crippen LogP) is 2.11. The Balaban J connectivity index is 1.56. The van der Waals surface area contributed by atoms with Gasteiger partial charge < -0.3 is 14.5 Å². The van der Waals surface area contributed by atoms with Crippen molar-refractivity contribution in [2.24, 2.45) is 0 Å². The highest BCUT2D eigenvalue weighted by Crippen LogP contribution is 2.27. The number of ether oxygens (including phenoxy) is 2. The minimum absolute atomic E-state index is 0.126. The summed E-state index contributed by atoms with van der Waals surface area (Å²) >= 11 is 0. The molecule has 3 heterocycles. The lowest BCUT2D eigenvalue weighted by molar-refractivity contribution is 0.238. The zero-order chi connectivity index (χ0) is 20.4. The zero-order valence-electron chi connectivity index (χ0n) is 16.7. The van der Waals surface area contributed by atoms with Crippen LogP contribution in [0.4, 0.5) is 0 Å². The van der Waals surface area contributed by atoms with Gasteiger partial charge in [0.1, 0.15) is 17.2 Å². The van der Waals surface area contributed by atoms with E-state index in [9.17, 15) is 4.79 Å². The molecular weight excluding hydrogens is 370 g/mol. The number of aryl methyl sites for hydroxylation is 1. The van der Waals surface area contributed by atoms with E-state index in [4.69, 9.17) is 9.47 Å². The van der Waals surface area contributed by atoms with Gasteiger partial charge in [0.2, 0.25) is 0 Å². The van der Waals surface area contributed by atoms with E-state index in [1.807, 2.05) is 25.1 Å². The SMILES string of the molecule is COc1ccc(CN2CCc3nc(-c4cnc(C)cn4)[nH]c(=O)c3C2)c(OC)c1. The Kier molecular flexibility index (Phi) is 5.26. The van der Waals surface area contributed by atoms with Crippen LogP contribution in [0.1, 0.15) is 22.5 Å². The first-order valence-corrected chi connectivity index (χ1v) is 9.41. The van der Waals surface area contributed by atoms with E-state index in [0.29, 0.717) is 36.6 Å². The molecular formula is C21H23N5O3. The Morgan fingerprint density at radius 2 is 2.03 bits per heavy atom. The van der Waals surface area contributed by atoms with Crippen LogP contribution in [0.2, 0.25) is 0 Å². The number of hydrogen-bond acceptors (Lipinski definition) is 7. The molecule has 1 aliphatic heterocycles. The van der Waals surface area contributed by atoms with Crippen LogP contribution in [0.5, 0.6) is 11.5 Å². The maximum atomic E-state index is 12.7. The van der Waals surface area contributed by atoms with E-state index < -0.39 is 0 Å². The van der Waals surface area contributed by atoms with Crippen molar-refractivity contribution in [2.75, 3.05) is 20.8 Å². The summed E-state index contributed by atoms with van der Waals surface area (Å²) in [5.74, 6) is 1.99. The number of fused-ring (bicyclic) bond motifs is 1. The van der Waals surface area contributed by atoms with Crippen molar-refractivity contribution in [3.05, 3.63) is 63.5 Å². The van der Waals surface area contributed by atoms with Crippen molar-refractivity contribution in [1.29, 1.82) is 0 Å². The molecule has 150 valence electrons. The summed E-state index contributed by atoms with van der Waals surface area (Å²) in [4.78, 5) is 31.0. The fourth-order valence-electron chi connectivity index (χ4n) is 3.48. The number of H-pyrrole nitrogens is 1. The number of rotatable bonds is 5. The van der Waals surface area contributed by atoms with E-state index in [-0.39, 0.29) is 5.56 Å². The Bertz CT molecular complexity index is 1080. The van der Waals surface area contributed by atoms with Crippen molar-refractivity contribution < 1.29 is 9.47 Å². The molecule has 4 rings (SSSR count). The normalized spacial score (nSPS) is 13.8. The summed E-state index contributed by atoms with van der Waals surface area (Å²) in [7, 11) is 3.28. The van der Waals surface area contributed by atoms with E-state index in [0.717, 1.165) is 35.0 Å². The summed E-state index contributed by atoms with van der Waals surface area (Å²) in [5, 5.41) is 0. The molecule has 0 radical (unpaired) electrons. The van der Waals surface area contributed by atoms with Crippen molar-refractivity contribution in [2.45, 2.75) is 26.4 Å². The molecule has 29 heavy (non-hydrogen) atoms. The lowest BCUT2D eigenvalue weighted by Gasteiger charge is -2.28. The molecule has 0 saturated carbocycles. The van der Waals surface area contributed by atoms with Gasteiger partial charge in [-0.25, -0.2) is 9.97 Å². The van der Waals surface area contributed by atoms with E-state index in [1.165, 1.54) is 0 Å². The first-order valence-electron chi connectivity index (χ1n) is 9.41. The summed E-state index contributed by atoms with van der Waals surface area (Å²) in [6.07, 6.45) is 3.99. The van der Waals surface area contributed by atoms with Crippen LogP contribution < -0.4 is 15.0 Å². The molecule has 0 spiro atoms. The van der Waals surface area contributed by atoms with Crippen molar-refractivity contribution >= 4 is 0 Å². The van der Waals surface area contributed by atoms with E-state index in [1.54, 1.807) is 26.6 Å². The maximum Gasteiger partial charge on any atom is 0.255 e. The largest absolute Gasteiger partial charge is 0.497 e. The third-order valence-corrected chi connectivity index (χ3v) is 5.06. The lowest BCUT2D eigenvalue weighted by Crippen LogP contribution is -2.35. The fraction of sp³-hybridized carbons (Fsp3) is 0.333. The molecule has 8 nitrogen and oxygen atoms in total. The maximum absolute atomic E-state index is 12.7. The number of methoxy groups -OCH3 is 2. The summed E-state index contributed by atoms with van der Waals surface area (Å²) in [6.45, 7) is 3.88. The number of nitrogens with zero attached hydrogens (tertiary/aromatic N) is 4. The smallest absolute Gasteiger partial charge is 0.255 e. The Morgan fingerprint density at radius 3 is 2.76 bits per heavy atom. The fourth-order valence-corrected chi connectivity index (χ4v) is 3.48. The third kappa shape index (κ3) is 3.97. The quantitative estimate of drug-likeness (QED) is 0.710. The minimum atomic E-state index is -0.126. The molecule has 1 N–H and O–H groups in total. The van der Waals surface area contributed by atoms with Crippen molar-refractivity contribution in [1.82, 2.24) is 24.8 Å². The highest BCUT2D eigenvalue weighted by Gasteiger charge is 2.22. The number of aromatic amines is 1.